The van der Waals surface area contributed by atoms with Gasteiger partial charge in [0.25, 0.3) is 5.91 Å². The monoisotopic (exact) mass is 398 g/mol. The van der Waals surface area contributed by atoms with Gasteiger partial charge in [0, 0.05) is 0 Å². The molecule has 1 aliphatic heterocycles. The van der Waals surface area contributed by atoms with Gasteiger partial charge < -0.3 is 10.1 Å². The molecule has 0 aliphatic carbocycles. The number of anilines is 2. The van der Waals surface area contributed by atoms with Gasteiger partial charge in [-0.25, -0.2) is 0 Å². The lowest BCUT2D eigenvalue weighted by molar-refractivity contribution is -0.137. The Balaban J connectivity index is 1.80. The fourth-order valence-corrected chi connectivity index (χ4v) is 2.78. The van der Waals surface area contributed by atoms with E-state index in [4.69, 9.17) is 16.3 Å². The molecular weight excluding hydrogens is 385 g/mol. The van der Waals surface area contributed by atoms with Crippen molar-refractivity contribution in [2.24, 2.45) is 0 Å². The summed E-state index contributed by atoms with van der Waals surface area (Å²) < 4.78 is 43.9. The summed E-state index contributed by atoms with van der Waals surface area (Å²) in [6.45, 7) is 1.24. The molecule has 0 saturated heterocycles. The van der Waals surface area contributed by atoms with E-state index in [1.165, 1.54) is 4.90 Å². The number of nitrogens with zero attached hydrogens (tertiary/aromatic N) is 1. The van der Waals surface area contributed by atoms with Gasteiger partial charge in [-0.3, -0.25) is 14.5 Å². The molecule has 0 fully saturated rings. The molecule has 5 nitrogen and oxygen atoms in total. The van der Waals surface area contributed by atoms with Crippen molar-refractivity contribution in [2.75, 3.05) is 23.4 Å². The number of nitrogens with one attached hydrogen (secondary N) is 1. The van der Waals surface area contributed by atoms with Crippen molar-refractivity contribution in [2.45, 2.75) is 13.1 Å². The fourth-order valence-electron chi connectivity index (χ4n) is 2.62. The summed E-state index contributed by atoms with van der Waals surface area (Å²) in [7, 11) is 0. The van der Waals surface area contributed by atoms with Crippen LogP contribution in [0, 0.1) is 6.92 Å². The van der Waals surface area contributed by atoms with Gasteiger partial charge in [-0.1, -0.05) is 17.7 Å². The number of hydrogen-bond acceptors (Lipinski definition) is 3. The summed E-state index contributed by atoms with van der Waals surface area (Å²) in [5.41, 5.74) is 0.220. The molecule has 1 aliphatic rings. The number of carbonyl (C=O) groups excluding carboxylic acids is 2. The summed E-state index contributed by atoms with van der Waals surface area (Å²) in [6, 6.07) is 7.76. The molecule has 0 bridgehead atoms. The van der Waals surface area contributed by atoms with Crippen LogP contribution in [0.15, 0.2) is 36.4 Å². The van der Waals surface area contributed by atoms with Crippen LogP contribution in [0.1, 0.15) is 11.1 Å². The zero-order chi connectivity index (χ0) is 19.8. The fraction of sp³-hybridized carbons (Fsp3) is 0.222. The highest BCUT2D eigenvalue weighted by atomic mass is 35.5. The minimum absolute atomic E-state index is 0.0410. The topological polar surface area (TPSA) is 58.6 Å². The van der Waals surface area contributed by atoms with Crippen LogP contribution in [0.2, 0.25) is 5.02 Å². The van der Waals surface area contributed by atoms with Gasteiger partial charge in [0.15, 0.2) is 6.61 Å². The lowest BCUT2D eigenvalue weighted by atomic mass is 10.1. The van der Waals surface area contributed by atoms with E-state index >= 15 is 0 Å². The molecule has 9 heteroatoms. The van der Waals surface area contributed by atoms with Crippen molar-refractivity contribution in [3.8, 4) is 5.75 Å². The van der Waals surface area contributed by atoms with Crippen molar-refractivity contribution >= 4 is 34.8 Å². The number of rotatable bonds is 3. The van der Waals surface area contributed by atoms with Crippen LogP contribution in [0.25, 0.3) is 0 Å². The molecule has 0 radical (unpaired) electrons. The molecule has 1 N–H and O–H groups in total. The van der Waals surface area contributed by atoms with E-state index < -0.39 is 23.6 Å². The maximum atomic E-state index is 12.8. The van der Waals surface area contributed by atoms with Crippen LogP contribution in [-0.4, -0.2) is 25.0 Å². The van der Waals surface area contributed by atoms with Gasteiger partial charge in [0.1, 0.15) is 12.3 Å². The summed E-state index contributed by atoms with van der Waals surface area (Å²) in [5, 5.41) is 2.29. The number of benzene rings is 2. The van der Waals surface area contributed by atoms with Crippen molar-refractivity contribution in [3.63, 3.8) is 0 Å². The molecule has 0 aromatic heterocycles. The smallest absolute Gasteiger partial charge is 0.416 e. The van der Waals surface area contributed by atoms with E-state index in [2.05, 4.69) is 5.32 Å². The van der Waals surface area contributed by atoms with Gasteiger partial charge in [-0.2, -0.15) is 13.2 Å². The quantitative estimate of drug-likeness (QED) is 0.849. The van der Waals surface area contributed by atoms with Crippen LogP contribution in [0.4, 0.5) is 24.5 Å². The minimum Gasteiger partial charge on any atom is -0.482 e. The largest absolute Gasteiger partial charge is 0.482 e. The minimum atomic E-state index is -4.57. The number of alkyl halides is 3. The first-order chi connectivity index (χ1) is 12.6. The van der Waals surface area contributed by atoms with E-state index in [0.29, 0.717) is 11.4 Å². The maximum absolute atomic E-state index is 12.8. The predicted molar refractivity (Wildman–Crippen MR) is 94.1 cm³/mol. The second-order valence-electron chi connectivity index (χ2n) is 5.98. The Bertz CT molecular complexity index is 915. The third-order valence-electron chi connectivity index (χ3n) is 3.93. The molecule has 0 atom stereocenters. The van der Waals surface area contributed by atoms with Gasteiger partial charge in [0.05, 0.1) is 22.0 Å². The van der Waals surface area contributed by atoms with E-state index in [1.807, 2.05) is 6.92 Å². The Morgan fingerprint density at radius 1 is 1.26 bits per heavy atom. The first-order valence-electron chi connectivity index (χ1n) is 7.85. The maximum Gasteiger partial charge on any atom is 0.416 e. The SMILES string of the molecule is Cc1ccc2c(c1)OCC(=O)N2CC(=O)Nc1cc(C(F)(F)F)ccc1Cl. The number of hydrogen-bond donors (Lipinski definition) is 1. The number of aryl methyl sites for hydroxylation is 1. The standard InChI is InChI=1S/C18H14ClF3N2O3/c1-10-2-5-14-15(6-10)27-9-17(26)24(14)8-16(25)23-13-7-11(18(20,21)22)3-4-12(13)19/h2-7H,8-9H2,1H3,(H,23,25). The summed E-state index contributed by atoms with van der Waals surface area (Å²) in [4.78, 5) is 25.7. The van der Waals surface area contributed by atoms with Crippen molar-refractivity contribution in [3.05, 3.63) is 52.5 Å². The summed E-state index contributed by atoms with van der Waals surface area (Å²) in [5.74, 6) is -0.658. The van der Waals surface area contributed by atoms with E-state index in [-0.39, 0.29) is 23.9 Å². The molecule has 3 rings (SSSR count). The molecule has 142 valence electrons. The molecule has 0 unspecified atom stereocenters. The first kappa shape index (κ1) is 19.0. The highest BCUT2D eigenvalue weighted by Crippen LogP contribution is 2.35. The Kier molecular flexibility index (Phi) is 5.01. The normalized spacial score (nSPS) is 13.8. The molecule has 2 amide bonds. The second kappa shape index (κ2) is 7.11. The summed E-state index contributed by atoms with van der Waals surface area (Å²) >= 11 is 5.88. The molecule has 2 aromatic rings. The van der Waals surface area contributed by atoms with Gasteiger partial charge in [-0.05, 0) is 42.8 Å². The third-order valence-corrected chi connectivity index (χ3v) is 4.26. The molecule has 27 heavy (non-hydrogen) atoms. The van der Waals surface area contributed by atoms with Gasteiger partial charge >= 0.3 is 6.18 Å². The number of fused-ring (bicyclic) bond motifs is 1. The molecule has 0 saturated carbocycles. The average molecular weight is 399 g/mol. The zero-order valence-electron chi connectivity index (χ0n) is 14.1. The van der Waals surface area contributed by atoms with Crippen LogP contribution in [-0.2, 0) is 15.8 Å². The van der Waals surface area contributed by atoms with Crippen molar-refractivity contribution in [1.82, 2.24) is 0 Å². The highest BCUT2D eigenvalue weighted by Gasteiger charge is 2.31. The van der Waals surface area contributed by atoms with Crippen LogP contribution >= 0.6 is 11.6 Å². The number of amides is 2. The van der Waals surface area contributed by atoms with E-state index in [9.17, 15) is 22.8 Å². The molecule has 2 aromatic carbocycles. The highest BCUT2D eigenvalue weighted by molar-refractivity contribution is 6.33. The van der Waals surface area contributed by atoms with E-state index in [1.54, 1.807) is 18.2 Å². The molecule has 1 heterocycles. The third kappa shape index (κ3) is 4.16. The van der Waals surface area contributed by atoms with Crippen molar-refractivity contribution < 1.29 is 27.5 Å². The van der Waals surface area contributed by atoms with Gasteiger partial charge in [-0.15, -0.1) is 0 Å². The predicted octanol–water partition coefficient (Wildman–Crippen LogP) is 4.03. The Morgan fingerprint density at radius 2 is 2.00 bits per heavy atom. The molecule has 0 spiro atoms. The number of halogens is 4. The van der Waals surface area contributed by atoms with E-state index in [0.717, 1.165) is 23.8 Å². The second-order valence-corrected chi connectivity index (χ2v) is 6.39. The average Bonchev–Trinajstić information content (AvgIpc) is 2.58. The number of carbonyl (C=O) groups is 2. The van der Waals surface area contributed by atoms with Crippen LogP contribution in [0.5, 0.6) is 5.75 Å². The van der Waals surface area contributed by atoms with Crippen molar-refractivity contribution in [1.29, 1.82) is 0 Å². The van der Waals surface area contributed by atoms with Crippen LogP contribution in [0.3, 0.4) is 0 Å². The van der Waals surface area contributed by atoms with Crippen LogP contribution < -0.4 is 15.0 Å². The first-order valence-corrected chi connectivity index (χ1v) is 8.23. The van der Waals surface area contributed by atoms with Gasteiger partial charge in [0.2, 0.25) is 5.91 Å². The molecular formula is C18H14ClF3N2O3. The Hall–Kier alpha value is -2.74. The Labute approximate surface area is 157 Å². The lowest BCUT2D eigenvalue weighted by Gasteiger charge is -2.29. The number of ether oxygens (including phenoxy) is 1. The summed E-state index contributed by atoms with van der Waals surface area (Å²) in [6.07, 6.45) is -4.57. The lowest BCUT2D eigenvalue weighted by Crippen LogP contribution is -2.43. The Morgan fingerprint density at radius 3 is 2.70 bits per heavy atom. The zero-order valence-corrected chi connectivity index (χ0v) is 14.8.